The molecule has 1 aromatic carbocycles. The van der Waals surface area contributed by atoms with Crippen molar-refractivity contribution in [2.45, 2.75) is 11.6 Å². The molecule has 0 fully saturated rings. The van der Waals surface area contributed by atoms with Gasteiger partial charge in [-0.2, -0.15) is 9.78 Å². The van der Waals surface area contributed by atoms with Crippen molar-refractivity contribution in [2.75, 3.05) is 6.26 Å². The maximum absolute atomic E-state index is 13.4. The second-order valence-electron chi connectivity index (χ2n) is 3.42. The van der Waals surface area contributed by atoms with Crippen LogP contribution < -0.4 is 0 Å². The average molecular weight is 286 g/mol. The van der Waals surface area contributed by atoms with Crippen LogP contribution in [0.2, 0.25) is 0 Å². The molecule has 0 spiro atoms. The molecular formula is C11H9F3N4S. The van der Waals surface area contributed by atoms with Crippen LogP contribution in [0.1, 0.15) is 17.8 Å². The van der Waals surface area contributed by atoms with Crippen molar-refractivity contribution in [3.63, 3.8) is 0 Å². The standard InChI is InChI=1S/C11H9F3N4S/c1-19-11-17-16-10(9(13)14)18(11)15-6-7-4-2-3-5-8(7)12/h2-6,9H,1H3. The number of halogens is 3. The van der Waals surface area contributed by atoms with E-state index in [0.717, 1.165) is 22.7 Å². The number of hydrogen-bond acceptors (Lipinski definition) is 4. The van der Waals surface area contributed by atoms with Gasteiger partial charge in [-0.1, -0.05) is 30.0 Å². The molecule has 0 atom stereocenters. The third-order valence-corrected chi connectivity index (χ3v) is 2.85. The molecule has 0 saturated carbocycles. The lowest BCUT2D eigenvalue weighted by molar-refractivity contribution is 0.135. The number of benzene rings is 1. The summed E-state index contributed by atoms with van der Waals surface area (Å²) in [5.41, 5.74) is 0.198. The molecule has 8 heteroatoms. The zero-order valence-electron chi connectivity index (χ0n) is 9.80. The van der Waals surface area contributed by atoms with Gasteiger partial charge in [0.25, 0.3) is 6.43 Å². The van der Waals surface area contributed by atoms with Crippen LogP contribution in [0.4, 0.5) is 13.2 Å². The maximum Gasteiger partial charge on any atom is 0.299 e. The minimum Gasteiger partial charge on any atom is -0.206 e. The Morgan fingerprint density at radius 1 is 1.32 bits per heavy atom. The summed E-state index contributed by atoms with van der Waals surface area (Å²) >= 11 is 1.12. The van der Waals surface area contributed by atoms with Crippen LogP contribution in [0.25, 0.3) is 0 Å². The van der Waals surface area contributed by atoms with Crippen LogP contribution in [-0.2, 0) is 0 Å². The minimum atomic E-state index is -2.80. The largest absolute Gasteiger partial charge is 0.299 e. The van der Waals surface area contributed by atoms with Gasteiger partial charge in [0.15, 0.2) is 0 Å². The van der Waals surface area contributed by atoms with Gasteiger partial charge >= 0.3 is 0 Å². The maximum atomic E-state index is 13.4. The molecule has 2 rings (SSSR count). The lowest BCUT2D eigenvalue weighted by Crippen LogP contribution is -2.01. The molecule has 2 aromatic rings. The van der Waals surface area contributed by atoms with E-state index in [1.807, 2.05) is 0 Å². The van der Waals surface area contributed by atoms with E-state index >= 15 is 0 Å². The van der Waals surface area contributed by atoms with E-state index in [1.165, 1.54) is 18.2 Å². The van der Waals surface area contributed by atoms with Gasteiger partial charge in [-0.25, -0.2) is 13.2 Å². The van der Waals surface area contributed by atoms with Crippen LogP contribution in [0.3, 0.4) is 0 Å². The first-order chi connectivity index (χ1) is 9.13. The molecule has 0 N–H and O–H groups in total. The van der Waals surface area contributed by atoms with Crippen molar-refractivity contribution < 1.29 is 13.2 Å². The van der Waals surface area contributed by atoms with Crippen molar-refractivity contribution in [1.29, 1.82) is 0 Å². The molecule has 4 nitrogen and oxygen atoms in total. The summed E-state index contributed by atoms with van der Waals surface area (Å²) in [7, 11) is 0. The van der Waals surface area contributed by atoms with Gasteiger partial charge in [0.05, 0.1) is 6.21 Å². The molecule has 0 saturated heterocycles. The second kappa shape index (κ2) is 5.87. The first-order valence-corrected chi connectivity index (χ1v) is 6.42. The lowest BCUT2D eigenvalue weighted by atomic mass is 10.2. The Kier molecular flexibility index (Phi) is 4.20. The van der Waals surface area contributed by atoms with Crippen LogP contribution in [0.15, 0.2) is 34.5 Å². The molecule has 0 radical (unpaired) electrons. The van der Waals surface area contributed by atoms with E-state index in [9.17, 15) is 13.2 Å². The Morgan fingerprint density at radius 3 is 2.68 bits per heavy atom. The highest BCUT2D eigenvalue weighted by Gasteiger charge is 2.19. The number of thioether (sulfide) groups is 1. The number of alkyl halides is 2. The third-order valence-electron chi connectivity index (χ3n) is 2.23. The van der Waals surface area contributed by atoms with Gasteiger partial charge in [0.1, 0.15) is 5.82 Å². The molecule has 1 heterocycles. The van der Waals surface area contributed by atoms with E-state index in [1.54, 1.807) is 12.3 Å². The number of rotatable bonds is 4. The summed E-state index contributed by atoms with van der Waals surface area (Å²) in [5.74, 6) is -1.06. The van der Waals surface area contributed by atoms with E-state index in [-0.39, 0.29) is 10.7 Å². The summed E-state index contributed by atoms with van der Waals surface area (Å²) in [6, 6.07) is 5.91. The Balaban J connectivity index is 2.37. The Morgan fingerprint density at radius 2 is 2.05 bits per heavy atom. The van der Waals surface area contributed by atoms with Gasteiger partial charge in [0.2, 0.25) is 11.0 Å². The monoisotopic (exact) mass is 286 g/mol. The number of hydrogen-bond donors (Lipinski definition) is 0. The molecule has 0 unspecified atom stereocenters. The third kappa shape index (κ3) is 2.95. The van der Waals surface area contributed by atoms with E-state index in [4.69, 9.17) is 0 Å². The smallest absolute Gasteiger partial charge is 0.206 e. The topological polar surface area (TPSA) is 43.1 Å². The summed E-state index contributed by atoms with van der Waals surface area (Å²) in [5, 5.41) is 11.0. The van der Waals surface area contributed by atoms with Crippen molar-refractivity contribution in [3.05, 3.63) is 41.5 Å². The van der Waals surface area contributed by atoms with Crippen molar-refractivity contribution >= 4 is 18.0 Å². The summed E-state index contributed by atoms with van der Waals surface area (Å²) in [6.07, 6.45) is 0.0183. The van der Waals surface area contributed by atoms with Crippen LogP contribution in [-0.4, -0.2) is 27.3 Å². The first-order valence-electron chi connectivity index (χ1n) is 5.20. The number of nitrogens with zero attached hydrogens (tertiary/aromatic N) is 4. The van der Waals surface area contributed by atoms with Crippen LogP contribution in [0, 0.1) is 5.82 Å². The Hall–Kier alpha value is -1.83. The molecule has 0 amide bonds. The van der Waals surface area contributed by atoms with Crippen molar-refractivity contribution in [1.82, 2.24) is 14.9 Å². The molecule has 100 valence electrons. The van der Waals surface area contributed by atoms with Crippen molar-refractivity contribution in [3.8, 4) is 0 Å². The molecule has 1 aromatic heterocycles. The highest BCUT2D eigenvalue weighted by Crippen LogP contribution is 2.21. The van der Waals surface area contributed by atoms with E-state index in [2.05, 4.69) is 15.3 Å². The Bertz CT molecular complexity index is 597. The molecule has 0 aliphatic carbocycles. The lowest BCUT2D eigenvalue weighted by Gasteiger charge is -2.01. The molecule has 0 bridgehead atoms. The van der Waals surface area contributed by atoms with Crippen LogP contribution in [0.5, 0.6) is 0 Å². The van der Waals surface area contributed by atoms with Gasteiger partial charge in [-0.15, -0.1) is 10.2 Å². The number of aromatic nitrogens is 3. The zero-order valence-corrected chi connectivity index (χ0v) is 10.6. The SMILES string of the molecule is CSc1nnc(C(F)F)n1N=Cc1ccccc1F. The predicted octanol–water partition coefficient (Wildman–Crippen LogP) is 2.96. The molecule has 0 aliphatic rings. The molecule has 19 heavy (non-hydrogen) atoms. The van der Waals surface area contributed by atoms with Crippen LogP contribution >= 0.6 is 11.8 Å². The quantitative estimate of drug-likeness (QED) is 0.641. The van der Waals surface area contributed by atoms with Gasteiger partial charge in [-0.3, -0.25) is 0 Å². The zero-order chi connectivity index (χ0) is 13.8. The Labute approximate surface area is 111 Å². The highest BCUT2D eigenvalue weighted by molar-refractivity contribution is 7.98. The normalized spacial score (nSPS) is 11.6. The van der Waals surface area contributed by atoms with Gasteiger partial charge in [0, 0.05) is 5.56 Å². The minimum absolute atomic E-state index is 0.198. The fourth-order valence-corrected chi connectivity index (χ4v) is 1.78. The molecule has 0 aliphatic heterocycles. The molecular weight excluding hydrogens is 277 g/mol. The summed E-state index contributed by atoms with van der Waals surface area (Å²) in [6.45, 7) is 0. The predicted molar refractivity (Wildman–Crippen MR) is 66.2 cm³/mol. The first kappa shape index (κ1) is 13.6. The summed E-state index contributed by atoms with van der Waals surface area (Å²) in [4.78, 5) is 0. The van der Waals surface area contributed by atoms with Crippen molar-refractivity contribution in [2.24, 2.45) is 5.10 Å². The summed E-state index contributed by atoms with van der Waals surface area (Å²) < 4.78 is 39.7. The highest BCUT2D eigenvalue weighted by atomic mass is 32.2. The fraction of sp³-hybridized carbons (Fsp3) is 0.182. The fourth-order valence-electron chi connectivity index (χ4n) is 1.35. The van der Waals surface area contributed by atoms with E-state index < -0.39 is 18.1 Å². The van der Waals surface area contributed by atoms with Gasteiger partial charge < -0.3 is 0 Å². The second-order valence-corrected chi connectivity index (χ2v) is 4.20. The van der Waals surface area contributed by atoms with Gasteiger partial charge in [-0.05, 0) is 12.3 Å². The van der Waals surface area contributed by atoms with E-state index in [0.29, 0.717) is 0 Å². The average Bonchev–Trinajstić information content (AvgIpc) is 2.81.